The normalized spacial score (nSPS) is 16.8. The Morgan fingerprint density at radius 3 is 2.84 bits per heavy atom. The first-order chi connectivity index (χ1) is 12.0. The van der Waals surface area contributed by atoms with Crippen LogP contribution < -0.4 is 15.0 Å². The zero-order valence-electron chi connectivity index (χ0n) is 13.5. The number of rotatable bonds is 4. The maximum absolute atomic E-state index is 13.4. The topological polar surface area (TPSA) is 58.6 Å². The highest BCUT2D eigenvalue weighted by molar-refractivity contribution is 6.31. The first-order valence-corrected chi connectivity index (χ1v) is 8.06. The highest BCUT2D eigenvalue weighted by Crippen LogP contribution is 2.25. The summed E-state index contributed by atoms with van der Waals surface area (Å²) in [5.41, 5.74) is 0.772. The van der Waals surface area contributed by atoms with Crippen LogP contribution in [-0.4, -0.2) is 31.5 Å². The quantitative estimate of drug-likeness (QED) is 0.909. The Labute approximate surface area is 149 Å². The van der Waals surface area contributed by atoms with Gasteiger partial charge in [0.05, 0.1) is 18.7 Å². The Balaban J connectivity index is 1.73. The van der Waals surface area contributed by atoms with Gasteiger partial charge in [-0.05, 0) is 36.4 Å². The Morgan fingerprint density at radius 2 is 2.12 bits per heavy atom. The van der Waals surface area contributed by atoms with Crippen LogP contribution in [0, 0.1) is 5.82 Å². The van der Waals surface area contributed by atoms with Crippen LogP contribution in [0.15, 0.2) is 42.5 Å². The molecule has 2 amide bonds. The number of nitrogens with one attached hydrogen (secondary N) is 1. The van der Waals surface area contributed by atoms with E-state index in [1.165, 1.54) is 30.2 Å². The molecule has 0 saturated carbocycles. The van der Waals surface area contributed by atoms with E-state index in [4.69, 9.17) is 16.3 Å². The second kappa shape index (κ2) is 7.11. The van der Waals surface area contributed by atoms with Gasteiger partial charge in [-0.25, -0.2) is 4.39 Å². The Bertz CT molecular complexity index is 828. The summed E-state index contributed by atoms with van der Waals surface area (Å²) in [6.45, 7) is 0.275. The van der Waals surface area contributed by atoms with E-state index in [0.717, 1.165) is 0 Å². The molecule has 0 aromatic heterocycles. The van der Waals surface area contributed by atoms with Crippen molar-refractivity contribution in [2.75, 3.05) is 18.6 Å². The number of hydrogen-bond donors (Lipinski definition) is 1. The van der Waals surface area contributed by atoms with E-state index in [2.05, 4.69) is 5.32 Å². The molecular weight excluding hydrogens is 347 g/mol. The van der Waals surface area contributed by atoms with E-state index in [1.54, 1.807) is 24.3 Å². The third-order valence-corrected chi connectivity index (χ3v) is 4.22. The summed E-state index contributed by atoms with van der Waals surface area (Å²) in [4.78, 5) is 26.2. The molecule has 7 heteroatoms. The van der Waals surface area contributed by atoms with Gasteiger partial charge in [0.15, 0.2) is 0 Å². The summed E-state index contributed by atoms with van der Waals surface area (Å²) < 4.78 is 18.5. The molecule has 0 bridgehead atoms. The zero-order valence-corrected chi connectivity index (χ0v) is 14.2. The van der Waals surface area contributed by atoms with Crippen LogP contribution in [0.1, 0.15) is 16.8 Å². The minimum atomic E-state index is -0.415. The van der Waals surface area contributed by atoms with Gasteiger partial charge in [-0.1, -0.05) is 17.7 Å². The van der Waals surface area contributed by atoms with Crippen LogP contribution in [0.25, 0.3) is 0 Å². The second-order valence-corrected chi connectivity index (χ2v) is 6.14. The van der Waals surface area contributed by atoms with Crippen molar-refractivity contribution < 1.29 is 18.7 Å². The van der Waals surface area contributed by atoms with Gasteiger partial charge in [0.1, 0.15) is 11.6 Å². The van der Waals surface area contributed by atoms with Gasteiger partial charge in [0.2, 0.25) is 5.91 Å². The summed E-state index contributed by atoms with van der Waals surface area (Å²) in [7, 11) is 1.46. The summed E-state index contributed by atoms with van der Waals surface area (Å²) in [5.74, 6) is -0.568. The fourth-order valence-electron chi connectivity index (χ4n) is 2.82. The van der Waals surface area contributed by atoms with E-state index in [1.807, 2.05) is 0 Å². The number of anilines is 1. The second-order valence-electron chi connectivity index (χ2n) is 5.70. The summed E-state index contributed by atoms with van der Waals surface area (Å²) in [6.07, 6.45) is 0.144. The van der Waals surface area contributed by atoms with Crippen LogP contribution in [0.5, 0.6) is 5.75 Å². The van der Waals surface area contributed by atoms with Crippen molar-refractivity contribution in [3.05, 3.63) is 58.9 Å². The molecule has 1 heterocycles. The van der Waals surface area contributed by atoms with Crippen molar-refractivity contribution in [3.63, 3.8) is 0 Å². The van der Waals surface area contributed by atoms with Gasteiger partial charge in [-0.2, -0.15) is 0 Å². The number of amides is 2. The lowest BCUT2D eigenvalue weighted by atomic mass is 10.1. The van der Waals surface area contributed by atoms with Crippen molar-refractivity contribution in [1.29, 1.82) is 0 Å². The lowest BCUT2D eigenvalue weighted by molar-refractivity contribution is -0.117. The molecular formula is C18H16ClFN2O3. The molecule has 3 rings (SSSR count). The van der Waals surface area contributed by atoms with Gasteiger partial charge in [0.25, 0.3) is 5.91 Å². The predicted octanol–water partition coefficient (Wildman–Crippen LogP) is 3.02. The average molecular weight is 363 g/mol. The molecule has 1 saturated heterocycles. The number of benzene rings is 2. The molecule has 1 aliphatic heterocycles. The fraction of sp³-hybridized carbons (Fsp3) is 0.222. The number of ether oxygens (including phenoxy) is 1. The lowest BCUT2D eigenvalue weighted by Crippen LogP contribution is -2.37. The Morgan fingerprint density at radius 1 is 1.32 bits per heavy atom. The fourth-order valence-corrected chi connectivity index (χ4v) is 2.99. The van der Waals surface area contributed by atoms with Gasteiger partial charge in [-0.15, -0.1) is 0 Å². The molecule has 1 aliphatic rings. The lowest BCUT2D eigenvalue weighted by Gasteiger charge is -2.17. The van der Waals surface area contributed by atoms with E-state index in [9.17, 15) is 14.0 Å². The monoisotopic (exact) mass is 362 g/mol. The summed E-state index contributed by atoms with van der Waals surface area (Å²) >= 11 is 5.94. The third-order valence-electron chi connectivity index (χ3n) is 3.99. The zero-order chi connectivity index (χ0) is 18.0. The number of carbonyl (C=O) groups is 2. The number of carbonyl (C=O) groups excluding carboxylic acids is 2. The molecule has 2 aromatic rings. The number of nitrogens with zero attached hydrogens (tertiary/aromatic N) is 1. The maximum Gasteiger partial charge on any atom is 0.255 e. The number of hydrogen-bond acceptors (Lipinski definition) is 3. The first kappa shape index (κ1) is 17.2. The van der Waals surface area contributed by atoms with Crippen LogP contribution in [-0.2, 0) is 4.79 Å². The maximum atomic E-state index is 13.4. The molecule has 0 spiro atoms. The van der Waals surface area contributed by atoms with E-state index in [-0.39, 0.29) is 30.8 Å². The van der Waals surface area contributed by atoms with Crippen LogP contribution in [0.2, 0.25) is 5.02 Å². The first-order valence-electron chi connectivity index (χ1n) is 7.68. The van der Waals surface area contributed by atoms with Crippen molar-refractivity contribution in [2.24, 2.45) is 0 Å². The number of methoxy groups -OCH3 is 1. The van der Waals surface area contributed by atoms with Crippen LogP contribution in [0.4, 0.5) is 10.1 Å². The van der Waals surface area contributed by atoms with Crippen LogP contribution in [0.3, 0.4) is 0 Å². The third kappa shape index (κ3) is 3.74. The standard InChI is InChI=1S/C18H16ClFN2O3/c1-25-16-6-5-11(19)7-15(16)18(24)21-13-9-17(23)22(10-13)14-4-2-3-12(20)8-14/h2-8,13H,9-10H2,1H3,(H,21,24)/t13-/m1/s1. The van der Waals surface area contributed by atoms with Crippen molar-refractivity contribution in [3.8, 4) is 5.75 Å². The SMILES string of the molecule is COc1ccc(Cl)cc1C(=O)N[C@@H]1CC(=O)N(c2cccc(F)c2)C1. The molecule has 1 fully saturated rings. The van der Waals surface area contributed by atoms with Crippen LogP contribution >= 0.6 is 11.6 Å². The van der Waals surface area contributed by atoms with E-state index in [0.29, 0.717) is 22.0 Å². The van der Waals surface area contributed by atoms with E-state index >= 15 is 0 Å². The minimum absolute atomic E-state index is 0.144. The highest BCUT2D eigenvalue weighted by Gasteiger charge is 2.32. The average Bonchev–Trinajstić information content (AvgIpc) is 2.95. The molecule has 25 heavy (non-hydrogen) atoms. The molecule has 5 nitrogen and oxygen atoms in total. The Kier molecular flexibility index (Phi) is 4.90. The van der Waals surface area contributed by atoms with E-state index < -0.39 is 5.82 Å². The van der Waals surface area contributed by atoms with Gasteiger partial charge in [0, 0.05) is 23.7 Å². The van der Waals surface area contributed by atoms with Crippen molar-refractivity contribution in [2.45, 2.75) is 12.5 Å². The molecule has 1 N–H and O–H groups in total. The highest BCUT2D eigenvalue weighted by atomic mass is 35.5. The molecule has 0 aliphatic carbocycles. The van der Waals surface area contributed by atoms with Gasteiger partial charge < -0.3 is 15.0 Å². The molecule has 0 radical (unpaired) electrons. The van der Waals surface area contributed by atoms with Gasteiger partial charge >= 0.3 is 0 Å². The molecule has 0 unspecified atom stereocenters. The van der Waals surface area contributed by atoms with Crippen molar-refractivity contribution >= 4 is 29.1 Å². The molecule has 130 valence electrons. The molecule has 1 atom stereocenters. The summed E-state index contributed by atoms with van der Waals surface area (Å²) in [6, 6.07) is 10.2. The Hall–Kier alpha value is -2.60. The smallest absolute Gasteiger partial charge is 0.255 e. The summed E-state index contributed by atoms with van der Waals surface area (Å²) in [5, 5.41) is 3.22. The molecule has 2 aromatic carbocycles. The number of halogens is 2. The van der Waals surface area contributed by atoms with Gasteiger partial charge in [-0.3, -0.25) is 9.59 Å². The minimum Gasteiger partial charge on any atom is -0.496 e. The van der Waals surface area contributed by atoms with Crippen molar-refractivity contribution in [1.82, 2.24) is 5.32 Å². The predicted molar refractivity (Wildman–Crippen MR) is 92.6 cm³/mol. The largest absolute Gasteiger partial charge is 0.496 e.